The van der Waals surface area contributed by atoms with Gasteiger partial charge in [0.05, 0.1) is 11.5 Å². The number of ether oxygens (including phenoxy) is 1. The number of primary amides is 1. The first kappa shape index (κ1) is 22.3. The molecule has 174 valence electrons. The maximum absolute atomic E-state index is 13.1. The molecule has 5 fully saturated rings. The number of morpholine rings is 1. The van der Waals surface area contributed by atoms with Crippen molar-refractivity contribution in [3.05, 3.63) is 28.7 Å². The minimum atomic E-state index is -3.75. The summed E-state index contributed by atoms with van der Waals surface area (Å²) in [5.41, 5.74) is 5.35. The first-order valence-electron chi connectivity index (χ1n) is 11.2. The van der Waals surface area contributed by atoms with Crippen LogP contribution in [0.15, 0.2) is 33.6 Å². The molecule has 0 aromatic heterocycles. The molecule has 1 aromatic carbocycles. The molecule has 1 aromatic rings. The third-order valence-electron chi connectivity index (χ3n) is 7.88. The van der Waals surface area contributed by atoms with Gasteiger partial charge in [0.2, 0.25) is 15.9 Å². The van der Waals surface area contributed by atoms with Gasteiger partial charge >= 0.3 is 0 Å². The lowest BCUT2D eigenvalue weighted by molar-refractivity contribution is -0.150. The molecule has 3 N–H and O–H groups in total. The third-order valence-corrected chi connectivity index (χ3v) is 10.8. The van der Waals surface area contributed by atoms with E-state index >= 15 is 0 Å². The van der Waals surface area contributed by atoms with Gasteiger partial charge in [-0.2, -0.15) is 4.31 Å². The second kappa shape index (κ2) is 8.07. The van der Waals surface area contributed by atoms with Gasteiger partial charge in [0.25, 0.3) is 5.91 Å². The minimum absolute atomic E-state index is 0.00891. The average Bonchev–Trinajstić information content (AvgIpc) is 2.76. The minimum Gasteiger partial charge on any atom is -0.369 e. The highest BCUT2D eigenvalue weighted by Gasteiger charge is 2.58. The molecule has 1 aliphatic heterocycles. The average molecular weight is 526 g/mol. The number of sulfonamides is 1. The maximum Gasteiger partial charge on any atom is 0.250 e. The molecule has 10 heteroatoms. The van der Waals surface area contributed by atoms with Crippen molar-refractivity contribution in [3.8, 4) is 0 Å². The fourth-order valence-electron chi connectivity index (χ4n) is 6.61. The van der Waals surface area contributed by atoms with Crippen LogP contribution >= 0.6 is 15.9 Å². The fourth-order valence-corrected chi connectivity index (χ4v) is 9.00. The molecule has 3 unspecified atom stereocenters. The Balaban J connectivity index is 1.28. The molecule has 0 spiro atoms. The number of amides is 2. The Morgan fingerprint density at radius 3 is 2.50 bits per heavy atom. The van der Waals surface area contributed by atoms with Crippen LogP contribution in [-0.4, -0.2) is 56.4 Å². The van der Waals surface area contributed by atoms with E-state index in [2.05, 4.69) is 21.2 Å². The lowest BCUT2D eigenvalue weighted by Gasteiger charge is -2.59. The molecule has 8 nitrogen and oxygen atoms in total. The zero-order valence-corrected chi connectivity index (χ0v) is 20.1. The normalized spacial score (nSPS) is 36.7. The van der Waals surface area contributed by atoms with Crippen molar-refractivity contribution in [2.45, 2.75) is 49.1 Å². The predicted molar refractivity (Wildman–Crippen MR) is 120 cm³/mol. The van der Waals surface area contributed by atoms with E-state index in [-0.39, 0.29) is 54.3 Å². The van der Waals surface area contributed by atoms with Crippen LogP contribution in [0, 0.1) is 23.2 Å². The van der Waals surface area contributed by atoms with Crippen molar-refractivity contribution in [1.82, 2.24) is 9.62 Å². The SMILES string of the molecule is NC(=O)C12CC3CC(C1)C(NC(=O)C1CN(S(=O)(=O)c4ccccc4Br)CCO1)C(C3)C2. The van der Waals surface area contributed by atoms with Crippen LogP contribution in [0.25, 0.3) is 0 Å². The van der Waals surface area contributed by atoms with Gasteiger partial charge in [-0.25, -0.2) is 8.42 Å². The van der Waals surface area contributed by atoms with Gasteiger partial charge in [-0.15, -0.1) is 0 Å². The Morgan fingerprint density at radius 1 is 1.16 bits per heavy atom. The summed E-state index contributed by atoms with van der Waals surface area (Å²) >= 11 is 3.31. The first-order valence-corrected chi connectivity index (χ1v) is 13.4. The smallest absolute Gasteiger partial charge is 0.250 e. The zero-order chi connectivity index (χ0) is 22.7. The van der Waals surface area contributed by atoms with E-state index in [0.29, 0.717) is 10.4 Å². The van der Waals surface area contributed by atoms with Crippen molar-refractivity contribution in [2.75, 3.05) is 19.7 Å². The largest absolute Gasteiger partial charge is 0.369 e. The van der Waals surface area contributed by atoms with Gasteiger partial charge < -0.3 is 15.8 Å². The Bertz CT molecular complexity index is 1030. The van der Waals surface area contributed by atoms with Crippen molar-refractivity contribution >= 4 is 37.8 Å². The Hall–Kier alpha value is -1.49. The number of nitrogens with one attached hydrogen (secondary N) is 1. The number of benzene rings is 1. The number of nitrogens with two attached hydrogens (primary N) is 1. The molecule has 0 radical (unpaired) electrons. The third kappa shape index (κ3) is 3.69. The van der Waals surface area contributed by atoms with Crippen LogP contribution in [0.5, 0.6) is 0 Å². The summed E-state index contributed by atoms with van der Waals surface area (Å²) in [6.45, 7) is 0.336. The quantitative estimate of drug-likeness (QED) is 0.605. The van der Waals surface area contributed by atoms with E-state index in [1.54, 1.807) is 24.3 Å². The fraction of sp³-hybridized carbons (Fsp3) is 0.636. The van der Waals surface area contributed by atoms with Gasteiger partial charge in [-0.3, -0.25) is 9.59 Å². The molecule has 4 bridgehead atoms. The van der Waals surface area contributed by atoms with Crippen molar-refractivity contribution in [2.24, 2.45) is 28.9 Å². The number of halogens is 1. The molecular formula is C22H28BrN3O5S. The Kier molecular flexibility index (Phi) is 5.63. The molecule has 32 heavy (non-hydrogen) atoms. The van der Waals surface area contributed by atoms with E-state index < -0.39 is 21.5 Å². The van der Waals surface area contributed by atoms with Crippen LogP contribution in [0.2, 0.25) is 0 Å². The Labute approximate surface area is 196 Å². The van der Waals surface area contributed by atoms with Gasteiger partial charge in [-0.05, 0) is 77.9 Å². The zero-order valence-electron chi connectivity index (χ0n) is 17.7. The maximum atomic E-state index is 13.1. The molecule has 1 heterocycles. The lowest BCUT2D eigenvalue weighted by Crippen LogP contribution is -2.63. The summed E-state index contributed by atoms with van der Waals surface area (Å²) in [5, 5.41) is 3.16. The van der Waals surface area contributed by atoms with Crippen molar-refractivity contribution < 1.29 is 22.7 Å². The molecule has 2 amide bonds. The molecule has 4 aliphatic carbocycles. The number of hydrogen-bond donors (Lipinski definition) is 2. The van der Waals surface area contributed by atoms with Crippen LogP contribution in [-0.2, 0) is 24.3 Å². The standard InChI is InChI=1S/C22H28BrN3O5S/c23-16-3-1-2-4-18(16)32(29,30)26-5-6-31-17(12-26)20(27)25-19-14-7-13-8-15(19)11-22(9-13,10-14)21(24)28/h1-4,13-15,17,19H,5-12H2,(H2,24,28)(H,25,27). The summed E-state index contributed by atoms with van der Waals surface area (Å²) in [7, 11) is -3.75. The number of nitrogens with zero attached hydrogens (tertiary/aromatic N) is 1. The van der Waals surface area contributed by atoms with Gasteiger partial charge in [0.15, 0.2) is 0 Å². The summed E-state index contributed by atoms with van der Waals surface area (Å²) in [6.07, 6.45) is 3.49. The van der Waals surface area contributed by atoms with Crippen molar-refractivity contribution in [3.63, 3.8) is 0 Å². The highest BCUT2D eigenvalue weighted by atomic mass is 79.9. The highest BCUT2D eigenvalue weighted by molar-refractivity contribution is 9.10. The predicted octanol–water partition coefficient (Wildman–Crippen LogP) is 1.63. The van der Waals surface area contributed by atoms with E-state index in [1.165, 1.54) is 4.31 Å². The Morgan fingerprint density at radius 2 is 1.84 bits per heavy atom. The molecule has 6 rings (SSSR count). The molecular weight excluding hydrogens is 498 g/mol. The van der Waals surface area contributed by atoms with Gasteiger partial charge in [-0.1, -0.05) is 12.1 Å². The van der Waals surface area contributed by atoms with Crippen LogP contribution in [0.3, 0.4) is 0 Å². The second-order valence-electron chi connectivity index (χ2n) is 9.80. The molecule has 4 saturated carbocycles. The summed E-state index contributed by atoms with van der Waals surface area (Å²) in [4.78, 5) is 25.5. The molecule has 5 aliphatic rings. The molecule has 1 saturated heterocycles. The van der Waals surface area contributed by atoms with Crippen LogP contribution in [0.4, 0.5) is 0 Å². The summed E-state index contributed by atoms with van der Waals surface area (Å²) < 4.78 is 33.8. The van der Waals surface area contributed by atoms with Crippen molar-refractivity contribution in [1.29, 1.82) is 0 Å². The van der Waals surface area contributed by atoms with E-state index in [0.717, 1.165) is 32.1 Å². The van der Waals surface area contributed by atoms with E-state index in [1.807, 2.05) is 0 Å². The monoisotopic (exact) mass is 525 g/mol. The second-order valence-corrected chi connectivity index (χ2v) is 12.6. The number of hydrogen-bond acceptors (Lipinski definition) is 5. The number of rotatable bonds is 5. The highest BCUT2D eigenvalue weighted by Crippen LogP contribution is 2.59. The summed E-state index contributed by atoms with van der Waals surface area (Å²) in [5.74, 6) is 0.500. The van der Waals surface area contributed by atoms with Gasteiger partial charge in [0, 0.05) is 29.0 Å². The number of carbonyl (C=O) groups excluding carboxylic acids is 2. The van der Waals surface area contributed by atoms with E-state index in [9.17, 15) is 18.0 Å². The topological polar surface area (TPSA) is 119 Å². The first-order chi connectivity index (χ1) is 15.2. The lowest BCUT2D eigenvalue weighted by atomic mass is 9.47. The summed E-state index contributed by atoms with van der Waals surface area (Å²) in [6, 6.07) is 6.65. The van der Waals surface area contributed by atoms with E-state index in [4.69, 9.17) is 10.5 Å². The number of carbonyl (C=O) groups is 2. The van der Waals surface area contributed by atoms with Gasteiger partial charge in [0.1, 0.15) is 6.10 Å². The van der Waals surface area contributed by atoms with Crippen LogP contribution < -0.4 is 11.1 Å². The molecule has 3 atom stereocenters. The van der Waals surface area contributed by atoms with Crippen LogP contribution in [0.1, 0.15) is 32.1 Å².